The van der Waals surface area contributed by atoms with Crippen LogP contribution < -0.4 is 25.7 Å². The third kappa shape index (κ3) is 14.5. The zero-order valence-corrected chi connectivity index (χ0v) is 51.3. The molecule has 0 aliphatic carbocycles. The minimum atomic E-state index is -5.79. The molecule has 0 spiro atoms. The molecule has 5 N–H and O–H groups in total. The molecule has 0 aliphatic heterocycles. The number of anilines is 3. The molecule has 90 heavy (non-hydrogen) atoms. The van der Waals surface area contributed by atoms with E-state index in [1.54, 1.807) is 96.9 Å². The van der Waals surface area contributed by atoms with E-state index in [4.69, 9.17) is 21.3 Å². The van der Waals surface area contributed by atoms with Crippen LogP contribution in [0.25, 0.3) is 72.7 Å². The van der Waals surface area contributed by atoms with Gasteiger partial charge in [0.05, 0.1) is 52.6 Å². The third-order valence-electron chi connectivity index (χ3n) is 13.3. The van der Waals surface area contributed by atoms with Crippen molar-refractivity contribution in [2.24, 2.45) is 21.1 Å². The van der Waals surface area contributed by atoms with Gasteiger partial charge in [0.1, 0.15) is 23.2 Å². The number of ether oxygens (including phenoxy) is 1. The van der Waals surface area contributed by atoms with Gasteiger partial charge in [-0.15, -0.1) is 5.10 Å². The molecule has 13 aromatic rings. The summed E-state index contributed by atoms with van der Waals surface area (Å²) in [6.07, 6.45) is 10.1. The first-order valence-corrected chi connectivity index (χ1v) is 28.4. The van der Waals surface area contributed by atoms with Crippen LogP contribution in [0, 0.1) is 20.8 Å². The number of benzene rings is 4. The van der Waals surface area contributed by atoms with Gasteiger partial charge in [-0.3, -0.25) is 19.4 Å². The Kier molecular flexibility index (Phi) is 21.2. The van der Waals surface area contributed by atoms with Crippen LogP contribution in [0.2, 0.25) is 0 Å². The van der Waals surface area contributed by atoms with Crippen molar-refractivity contribution in [1.29, 1.82) is 0 Å². The average molecular weight is 1350 g/mol. The van der Waals surface area contributed by atoms with E-state index in [2.05, 4.69) is 65.9 Å². The third-order valence-corrected chi connectivity index (χ3v) is 14.7. The molecule has 0 unspecified atom stereocenters. The fourth-order valence-electron chi connectivity index (χ4n) is 8.79. The van der Waals surface area contributed by atoms with E-state index in [0.717, 1.165) is 81.6 Å². The van der Waals surface area contributed by atoms with E-state index in [1.165, 1.54) is 6.92 Å². The van der Waals surface area contributed by atoms with E-state index in [-0.39, 0.29) is 44.8 Å². The summed E-state index contributed by atoms with van der Waals surface area (Å²) in [4.78, 5) is 25.8. The molecule has 0 bridgehead atoms. The maximum Gasteiger partial charge on any atom is 0.534 e. The van der Waals surface area contributed by atoms with Gasteiger partial charge in [0.2, 0.25) is 0 Å². The molecule has 13 rings (SSSR count). The Labute approximate surface area is 535 Å². The Morgan fingerprint density at radius 2 is 0.933 bits per heavy atom. The number of nitrogens with two attached hydrogens (primary N) is 2. The molecule has 29 heteroatoms. The molecule has 23 nitrogen and oxygen atoms in total. The van der Waals surface area contributed by atoms with E-state index >= 15 is 0 Å². The predicted molar refractivity (Wildman–Crippen MR) is 340 cm³/mol. The van der Waals surface area contributed by atoms with Gasteiger partial charge < -0.3 is 20.4 Å². The van der Waals surface area contributed by atoms with Gasteiger partial charge in [-0.2, -0.15) is 47.1 Å². The fourth-order valence-corrected chi connectivity index (χ4v) is 9.60. The number of alkyl halides is 3. The number of para-hydroxylation sites is 4. The van der Waals surface area contributed by atoms with Gasteiger partial charge >= 0.3 is 21.7 Å². The summed E-state index contributed by atoms with van der Waals surface area (Å²) < 4.78 is 79.1. The molecule has 9 heterocycles. The van der Waals surface area contributed by atoms with Gasteiger partial charge in [0.25, 0.3) is 5.88 Å². The van der Waals surface area contributed by atoms with Gasteiger partial charge in [0.15, 0.2) is 16.9 Å². The SMILES string of the molecule is C.C.Cc1c(-c2cnc3c(cnn3C)c2)nn(-c2ccccc2)c1N.Cc1c(-c2cnc3c(cnn3C)c2)nn(-c2ccccc2)c1NC(=O)Oc1ccccc1.Cc1c(OS(=O)(=O)C(F)(F)F)nn(-c2ccccc2)c1N.Cn1ncc2cc(Br)cnc21.[V]. The molecule has 0 saturated heterocycles. The number of halogens is 4. The summed E-state index contributed by atoms with van der Waals surface area (Å²) in [5, 5.41) is 31.5. The maximum atomic E-state index is 12.6. The summed E-state index contributed by atoms with van der Waals surface area (Å²) in [5.41, 5.74) is 16.2. The van der Waals surface area contributed by atoms with Crippen molar-refractivity contribution in [3.8, 4) is 51.2 Å². The zero-order valence-electron chi connectivity index (χ0n) is 47.5. The summed E-state index contributed by atoms with van der Waals surface area (Å²) in [6, 6.07) is 42.7. The van der Waals surface area contributed by atoms with Crippen molar-refractivity contribution in [2.75, 3.05) is 16.8 Å². The number of hydrogen-bond acceptors (Lipinski definition) is 16. The van der Waals surface area contributed by atoms with Crippen LogP contribution in [0.1, 0.15) is 31.5 Å². The molecule has 4 aromatic carbocycles. The number of nitrogens with zero attached hydrogens (tertiary/aromatic N) is 15. The number of aromatic nitrogens is 15. The van der Waals surface area contributed by atoms with Gasteiger partial charge in [-0.05, 0) is 103 Å². The van der Waals surface area contributed by atoms with E-state index in [9.17, 15) is 26.4 Å². The number of hydrogen-bond donors (Lipinski definition) is 3. The van der Waals surface area contributed by atoms with E-state index < -0.39 is 27.6 Å². The second kappa shape index (κ2) is 28.3. The van der Waals surface area contributed by atoms with E-state index in [1.807, 2.05) is 138 Å². The first-order chi connectivity index (χ1) is 41.6. The van der Waals surface area contributed by atoms with Crippen LogP contribution in [0.4, 0.5) is 35.4 Å². The Bertz CT molecular complexity index is 4710. The summed E-state index contributed by atoms with van der Waals surface area (Å²) in [7, 11) is -0.183. The van der Waals surface area contributed by atoms with E-state index in [0.29, 0.717) is 28.8 Å². The number of pyridine rings is 3. The number of rotatable bonds is 9. The summed E-state index contributed by atoms with van der Waals surface area (Å²) in [6.45, 7) is 5.20. The molecule has 0 aliphatic rings. The Morgan fingerprint density at radius 3 is 1.40 bits per heavy atom. The van der Waals surface area contributed by atoms with Crippen LogP contribution in [0.3, 0.4) is 0 Å². The van der Waals surface area contributed by atoms with Crippen molar-refractivity contribution in [3.05, 3.63) is 198 Å². The van der Waals surface area contributed by atoms with Crippen molar-refractivity contribution >= 4 is 82.7 Å². The van der Waals surface area contributed by atoms with Gasteiger partial charge in [-0.25, -0.2) is 33.8 Å². The number of aryl methyl sites for hydroxylation is 3. The smallest absolute Gasteiger partial charge is 0.410 e. The van der Waals surface area contributed by atoms with Gasteiger partial charge in [0, 0.05) is 101 Å². The largest absolute Gasteiger partial charge is 0.534 e. The molecule has 0 fully saturated rings. The monoisotopic (exact) mass is 1340 g/mol. The minimum Gasteiger partial charge on any atom is -0.410 e. The fraction of sp³-hybridized carbons (Fsp3) is 0.148. The predicted octanol–water partition coefficient (Wildman–Crippen LogP) is 12.4. The second-order valence-corrected chi connectivity index (χ2v) is 21.6. The number of carbonyl (C=O) groups is 1. The molecule has 1 radical (unpaired) electrons. The average Bonchev–Trinajstić information content (AvgIpc) is 2.28. The Balaban J connectivity index is 0.000000178. The number of nitrogens with one attached hydrogen (secondary N) is 1. The number of amides is 1. The molecule has 0 saturated carbocycles. The van der Waals surface area contributed by atoms with Crippen LogP contribution in [0.15, 0.2) is 181 Å². The number of nitrogen functional groups attached to an aromatic ring is 2. The first kappa shape index (κ1) is 67.4. The van der Waals surface area contributed by atoms with Crippen LogP contribution in [0.5, 0.6) is 11.6 Å². The standard InChI is InChI=1S/C24H20N6O2.C17H16N6.C11H10F3N3O3S.C7H6BrN3.2CH4.V/c1-16-21(17-13-18-15-26-29(2)23(18)25-14-17)28-30(19-9-5-3-6-10-19)22(16)27-24(31)32-20-11-7-4-8-12-20;1-11-15(12-8-13-10-20-22(2)17(13)19-9-12)21-23(16(11)18)14-6-4-3-5-7-14;1-7-9(15)17(8-5-3-2-4-6-8)16-10(7)20-21(18,19)11(12,13)14;1-11-7-5(3-10-11)2-6(8)4-9-7;;;/h3-15H,1-2H3,(H,27,31);3-10H,18H2,1-2H3;2-6H,15H2,1H3;2-4H,1H3;2*1H4;. The summed E-state index contributed by atoms with van der Waals surface area (Å²) >= 11 is 3.34. The van der Waals surface area contributed by atoms with Gasteiger partial charge in [-0.1, -0.05) is 87.6 Å². The molecule has 9 aromatic heterocycles. The molecule has 1 amide bonds. The summed E-state index contributed by atoms with van der Waals surface area (Å²) in [5.74, 6) is 0.887. The topological polar surface area (TPSA) is 279 Å². The van der Waals surface area contributed by atoms with Crippen molar-refractivity contribution in [3.63, 3.8) is 0 Å². The quantitative estimate of drug-likeness (QED) is 0.0894. The number of carbonyl (C=O) groups excluding carboxylic acids is 1. The normalized spacial score (nSPS) is 11.0. The van der Waals surface area contributed by atoms with Crippen molar-refractivity contribution < 1.29 is 53.9 Å². The molecular weight excluding hydrogens is 1280 g/mol. The Morgan fingerprint density at radius 1 is 0.544 bits per heavy atom. The molecular formula is C61H60BrF3N18O5SV. The first-order valence-electron chi connectivity index (χ1n) is 26.2. The molecule has 0 atom stereocenters. The second-order valence-electron chi connectivity index (χ2n) is 19.2. The van der Waals surface area contributed by atoms with Crippen LogP contribution >= 0.6 is 15.9 Å². The maximum absolute atomic E-state index is 12.6. The van der Waals surface area contributed by atoms with Crippen LogP contribution in [-0.4, -0.2) is 93.7 Å². The van der Waals surface area contributed by atoms with Crippen molar-refractivity contribution in [1.82, 2.24) is 73.6 Å². The van der Waals surface area contributed by atoms with Crippen LogP contribution in [-0.2, 0) is 49.8 Å². The number of fused-ring (bicyclic) bond motifs is 3. The molecule has 463 valence electrons. The Hall–Kier alpha value is -10.2. The zero-order chi connectivity index (χ0) is 61.7. The van der Waals surface area contributed by atoms with Crippen molar-refractivity contribution in [2.45, 2.75) is 41.1 Å². The minimum absolute atomic E-state index is 0.